The van der Waals surface area contributed by atoms with Crippen molar-refractivity contribution in [2.45, 2.75) is 45.6 Å². The van der Waals surface area contributed by atoms with Crippen LogP contribution in [0.5, 0.6) is 0 Å². The van der Waals surface area contributed by atoms with Crippen LogP contribution in [0.1, 0.15) is 31.9 Å². The van der Waals surface area contributed by atoms with Crippen LogP contribution in [-0.4, -0.2) is 54.0 Å². The van der Waals surface area contributed by atoms with Gasteiger partial charge in [0.15, 0.2) is 0 Å². The first-order valence-corrected chi connectivity index (χ1v) is 8.59. The highest BCUT2D eigenvalue weighted by Crippen LogP contribution is 2.29. The van der Waals surface area contributed by atoms with E-state index in [-0.39, 0.29) is 18.0 Å². The molecule has 1 aliphatic heterocycles. The van der Waals surface area contributed by atoms with Gasteiger partial charge in [-0.15, -0.1) is 0 Å². The van der Waals surface area contributed by atoms with E-state index in [1.165, 1.54) is 12.1 Å². The Kier molecular flexibility index (Phi) is 6.46. The SMILES string of the molecule is CC(C)NC(=O)[C@@H](C)N1CCN(Cc2cccc(C(F)(F)F)c2)CC1. The van der Waals surface area contributed by atoms with Crippen molar-refractivity contribution in [1.82, 2.24) is 15.1 Å². The maximum absolute atomic E-state index is 12.8. The molecule has 7 heteroatoms. The molecular formula is C18H26F3N3O. The number of rotatable bonds is 5. The number of carbonyl (C=O) groups excluding carboxylic acids is 1. The van der Waals surface area contributed by atoms with Gasteiger partial charge in [0, 0.05) is 38.8 Å². The first kappa shape index (κ1) is 19.7. The van der Waals surface area contributed by atoms with E-state index in [9.17, 15) is 18.0 Å². The number of carbonyl (C=O) groups is 1. The molecule has 0 spiro atoms. The highest BCUT2D eigenvalue weighted by atomic mass is 19.4. The van der Waals surface area contributed by atoms with Gasteiger partial charge in [0.25, 0.3) is 0 Å². The van der Waals surface area contributed by atoms with Gasteiger partial charge < -0.3 is 5.32 Å². The average Bonchev–Trinajstić information content (AvgIpc) is 2.54. The second-order valence-electron chi connectivity index (χ2n) is 6.85. The summed E-state index contributed by atoms with van der Waals surface area (Å²) in [7, 11) is 0. The molecule has 0 radical (unpaired) electrons. The molecule has 1 saturated heterocycles. The predicted molar refractivity (Wildman–Crippen MR) is 91.0 cm³/mol. The van der Waals surface area contributed by atoms with Crippen LogP contribution in [0.4, 0.5) is 13.2 Å². The molecule has 1 N–H and O–H groups in total. The summed E-state index contributed by atoms with van der Waals surface area (Å²) in [4.78, 5) is 16.3. The van der Waals surface area contributed by atoms with Gasteiger partial charge in [0.2, 0.25) is 5.91 Å². The number of halogens is 3. The molecule has 1 aromatic rings. The van der Waals surface area contributed by atoms with Crippen LogP contribution in [0.25, 0.3) is 0 Å². The molecule has 1 heterocycles. The minimum atomic E-state index is -4.31. The van der Waals surface area contributed by atoms with Gasteiger partial charge in [-0.1, -0.05) is 18.2 Å². The molecule has 0 aromatic heterocycles. The van der Waals surface area contributed by atoms with Gasteiger partial charge in [0.05, 0.1) is 11.6 Å². The van der Waals surface area contributed by atoms with E-state index in [2.05, 4.69) is 15.1 Å². The molecule has 1 amide bonds. The third-order valence-electron chi connectivity index (χ3n) is 4.43. The third kappa shape index (κ3) is 5.71. The Morgan fingerprint density at radius 1 is 1.16 bits per heavy atom. The second-order valence-corrected chi connectivity index (χ2v) is 6.85. The second kappa shape index (κ2) is 8.19. The number of nitrogens with zero attached hydrogens (tertiary/aromatic N) is 2. The topological polar surface area (TPSA) is 35.6 Å². The zero-order chi connectivity index (χ0) is 18.6. The number of piperazine rings is 1. The van der Waals surface area contributed by atoms with Crippen molar-refractivity contribution >= 4 is 5.91 Å². The number of alkyl halides is 3. The molecule has 2 rings (SSSR count). The van der Waals surface area contributed by atoms with Gasteiger partial charge in [-0.2, -0.15) is 13.2 Å². The molecule has 25 heavy (non-hydrogen) atoms. The van der Waals surface area contributed by atoms with Crippen molar-refractivity contribution < 1.29 is 18.0 Å². The number of hydrogen-bond donors (Lipinski definition) is 1. The Hall–Kier alpha value is -1.60. The van der Waals surface area contributed by atoms with Crippen LogP contribution in [0.3, 0.4) is 0 Å². The van der Waals surface area contributed by atoms with Crippen molar-refractivity contribution in [3.05, 3.63) is 35.4 Å². The highest BCUT2D eigenvalue weighted by Gasteiger charge is 2.31. The maximum Gasteiger partial charge on any atom is 0.416 e. The van der Waals surface area contributed by atoms with E-state index in [1.54, 1.807) is 6.07 Å². The fourth-order valence-corrected chi connectivity index (χ4v) is 2.98. The molecule has 0 saturated carbocycles. The average molecular weight is 357 g/mol. The van der Waals surface area contributed by atoms with Crippen LogP contribution >= 0.6 is 0 Å². The lowest BCUT2D eigenvalue weighted by atomic mass is 10.1. The standard InChI is InChI=1S/C18H26F3N3O/c1-13(2)22-17(25)14(3)24-9-7-23(8-10-24)12-15-5-4-6-16(11-15)18(19,20)21/h4-6,11,13-14H,7-10,12H2,1-3H3,(H,22,25)/t14-/m1/s1. The molecule has 1 atom stereocenters. The Morgan fingerprint density at radius 2 is 1.80 bits per heavy atom. The van der Waals surface area contributed by atoms with Crippen LogP contribution in [-0.2, 0) is 17.5 Å². The van der Waals surface area contributed by atoms with Crippen molar-refractivity contribution in [2.24, 2.45) is 0 Å². The number of amides is 1. The van der Waals surface area contributed by atoms with Crippen LogP contribution in [0.2, 0.25) is 0 Å². The van der Waals surface area contributed by atoms with E-state index in [1.807, 2.05) is 20.8 Å². The molecule has 1 aliphatic rings. The van der Waals surface area contributed by atoms with Crippen molar-refractivity contribution in [3.8, 4) is 0 Å². The van der Waals surface area contributed by atoms with Crippen LogP contribution in [0, 0.1) is 0 Å². The Balaban J connectivity index is 1.87. The minimum Gasteiger partial charge on any atom is -0.353 e. The summed E-state index contributed by atoms with van der Waals surface area (Å²) >= 11 is 0. The predicted octanol–water partition coefficient (Wildman–Crippen LogP) is 2.74. The van der Waals surface area contributed by atoms with Gasteiger partial charge in [-0.25, -0.2) is 0 Å². The zero-order valence-electron chi connectivity index (χ0n) is 14.9. The smallest absolute Gasteiger partial charge is 0.353 e. The molecule has 140 valence electrons. The largest absolute Gasteiger partial charge is 0.416 e. The molecule has 4 nitrogen and oxygen atoms in total. The summed E-state index contributed by atoms with van der Waals surface area (Å²) in [6, 6.07) is 5.39. The van der Waals surface area contributed by atoms with Crippen molar-refractivity contribution in [1.29, 1.82) is 0 Å². The number of benzene rings is 1. The third-order valence-corrected chi connectivity index (χ3v) is 4.43. The number of nitrogens with one attached hydrogen (secondary N) is 1. The first-order chi connectivity index (χ1) is 11.7. The minimum absolute atomic E-state index is 0.0151. The summed E-state index contributed by atoms with van der Waals surface area (Å²) in [6.45, 7) is 9.15. The molecule has 0 bridgehead atoms. The monoisotopic (exact) mass is 357 g/mol. The lowest BCUT2D eigenvalue weighted by Gasteiger charge is -2.37. The van der Waals surface area contributed by atoms with E-state index in [4.69, 9.17) is 0 Å². The summed E-state index contributed by atoms with van der Waals surface area (Å²) in [6.07, 6.45) is -4.31. The Bertz CT molecular complexity index is 581. The summed E-state index contributed by atoms with van der Waals surface area (Å²) in [5, 5.41) is 2.91. The van der Waals surface area contributed by atoms with Crippen molar-refractivity contribution in [3.63, 3.8) is 0 Å². The summed E-state index contributed by atoms with van der Waals surface area (Å²) < 4.78 is 38.4. The zero-order valence-corrected chi connectivity index (χ0v) is 14.9. The van der Waals surface area contributed by atoms with Crippen LogP contribution < -0.4 is 5.32 Å². The van der Waals surface area contributed by atoms with Gasteiger partial charge in [-0.3, -0.25) is 14.6 Å². The fourth-order valence-electron chi connectivity index (χ4n) is 2.98. The molecule has 1 aromatic carbocycles. The maximum atomic E-state index is 12.8. The van der Waals surface area contributed by atoms with E-state index in [0.717, 1.165) is 32.2 Å². The molecular weight excluding hydrogens is 331 g/mol. The molecule has 1 fully saturated rings. The van der Waals surface area contributed by atoms with Gasteiger partial charge in [0.1, 0.15) is 0 Å². The van der Waals surface area contributed by atoms with E-state index < -0.39 is 11.7 Å². The molecule has 0 unspecified atom stereocenters. The highest BCUT2D eigenvalue weighted by molar-refractivity contribution is 5.81. The lowest BCUT2D eigenvalue weighted by Crippen LogP contribution is -2.54. The van der Waals surface area contributed by atoms with E-state index >= 15 is 0 Å². The molecule has 0 aliphatic carbocycles. The summed E-state index contributed by atoms with van der Waals surface area (Å²) in [5.74, 6) is 0.0151. The first-order valence-electron chi connectivity index (χ1n) is 8.59. The van der Waals surface area contributed by atoms with E-state index in [0.29, 0.717) is 12.1 Å². The van der Waals surface area contributed by atoms with Crippen molar-refractivity contribution in [2.75, 3.05) is 26.2 Å². The normalized spacial score (nSPS) is 18.4. The lowest BCUT2D eigenvalue weighted by molar-refractivity contribution is -0.137. The Morgan fingerprint density at radius 3 is 2.36 bits per heavy atom. The quantitative estimate of drug-likeness (QED) is 0.880. The Labute approximate surface area is 147 Å². The van der Waals surface area contributed by atoms with Crippen LogP contribution in [0.15, 0.2) is 24.3 Å². The fraction of sp³-hybridized carbons (Fsp3) is 0.611. The van der Waals surface area contributed by atoms with Gasteiger partial charge >= 0.3 is 6.18 Å². The summed E-state index contributed by atoms with van der Waals surface area (Å²) in [5.41, 5.74) is 0.0523. The number of hydrogen-bond acceptors (Lipinski definition) is 3. The van der Waals surface area contributed by atoms with Gasteiger partial charge in [-0.05, 0) is 32.4 Å².